The zero-order valence-corrected chi connectivity index (χ0v) is 17.2. The lowest BCUT2D eigenvalue weighted by Gasteiger charge is -2.32. The van der Waals surface area contributed by atoms with E-state index in [2.05, 4.69) is 52.7 Å². The number of benzene rings is 1. The Balaban J connectivity index is 1.57. The van der Waals surface area contributed by atoms with Crippen LogP contribution in [0.3, 0.4) is 0 Å². The van der Waals surface area contributed by atoms with Gasteiger partial charge in [0, 0.05) is 31.5 Å². The molecule has 2 aliphatic rings. The Morgan fingerprint density at radius 3 is 2.59 bits per heavy atom. The van der Waals surface area contributed by atoms with E-state index >= 15 is 0 Å². The number of ether oxygens (including phenoxy) is 1. The molecule has 4 heterocycles. The molecule has 150 valence electrons. The van der Waals surface area contributed by atoms with Gasteiger partial charge in [-0.15, -0.1) is 0 Å². The van der Waals surface area contributed by atoms with Crippen LogP contribution in [0.4, 0.5) is 0 Å². The lowest BCUT2D eigenvalue weighted by atomic mass is 10.00. The summed E-state index contributed by atoms with van der Waals surface area (Å²) < 4.78 is 9.14. The Bertz CT molecular complexity index is 989. The van der Waals surface area contributed by atoms with Crippen molar-refractivity contribution in [3.8, 4) is 11.4 Å². The Labute approximate surface area is 172 Å². The highest BCUT2D eigenvalue weighted by Gasteiger charge is 2.32. The van der Waals surface area contributed by atoms with Crippen molar-refractivity contribution in [1.29, 1.82) is 0 Å². The highest BCUT2D eigenvalue weighted by Crippen LogP contribution is 2.37. The topological polar surface area (TPSA) is 43.2 Å². The van der Waals surface area contributed by atoms with Crippen LogP contribution in [-0.2, 0) is 17.7 Å². The van der Waals surface area contributed by atoms with Gasteiger partial charge in [0.2, 0.25) is 0 Å². The van der Waals surface area contributed by atoms with Crippen LogP contribution in [0.15, 0.2) is 48.7 Å². The summed E-state index contributed by atoms with van der Waals surface area (Å²) in [4.78, 5) is 12.0. The first-order valence-corrected chi connectivity index (χ1v) is 10.6. The molecule has 1 atom stereocenters. The van der Waals surface area contributed by atoms with Crippen molar-refractivity contribution < 1.29 is 4.74 Å². The molecule has 5 nitrogen and oxygen atoms in total. The molecule has 0 amide bonds. The van der Waals surface area contributed by atoms with Gasteiger partial charge in [-0.2, -0.15) is 0 Å². The zero-order chi connectivity index (χ0) is 19.8. The molecule has 0 radical (unpaired) electrons. The number of hydrogen-bond acceptors (Lipinski definition) is 4. The molecule has 1 unspecified atom stereocenters. The molecule has 0 bridgehead atoms. The predicted octanol–water partition coefficient (Wildman–Crippen LogP) is 4.01. The van der Waals surface area contributed by atoms with Gasteiger partial charge in [-0.3, -0.25) is 4.98 Å². The van der Waals surface area contributed by atoms with E-state index in [0.29, 0.717) is 0 Å². The maximum Gasteiger partial charge on any atom is 0.143 e. The lowest BCUT2D eigenvalue weighted by molar-refractivity contribution is -0.0276. The molecule has 1 saturated heterocycles. The molecule has 1 aromatic carbocycles. The van der Waals surface area contributed by atoms with Gasteiger partial charge in [0.15, 0.2) is 0 Å². The van der Waals surface area contributed by atoms with Gasteiger partial charge in [0.1, 0.15) is 17.6 Å². The summed E-state index contributed by atoms with van der Waals surface area (Å²) in [5, 5.41) is 0. The molecular formula is C24H28N4O. The number of aryl methyl sites for hydroxylation is 1. The SMILES string of the molecule is Cc1c(-c2ccccn2)nc2n1CCc1ccccc1C2OC1CCN(C)CC1. The fraction of sp³-hybridized carbons (Fsp3) is 0.417. The normalized spacial score (nSPS) is 20.1. The highest BCUT2D eigenvalue weighted by atomic mass is 16.5. The summed E-state index contributed by atoms with van der Waals surface area (Å²) >= 11 is 0. The van der Waals surface area contributed by atoms with Crippen LogP contribution in [0.25, 0.3) is 11.4 Å². The van der Waals surface area contributed by atoms with Crippen LogP contribution in [-0.4, -0.2) is 45.7 Å². The van der Waals surface area contributed by atoms with Crippen molar-refractivity contribution in [1.82, 2.24) is 19.4 Å². The third-order valence-electron chi connectivity index (χ3n) is 6.33. The number of likely N-dealkylation sites (tertiary alicyclic amines) is 1. The molecule has 1 fully saturated rings. The first-order valence-electron chi connectivity index (χ1n) is 10.6. The first kappa shape index (κ1) is 18.5. The van der Waals surface area contributed by atoms with Crippen molar-refractivity contribution in [2.24, 2.45) is 0 Å². The summed E-state index contributed by atoms with van der Waals surface area (Å²) in [5.41, 5.74) is 5.70. The number of hydrogen-bond donors (Lipinski definition) is 0. The van der Waals surface area contributed by atoms with Crippen molar-refractivity contribution in [2.75, 3.05) is 20.1 Å². The lowest BCUT2D eigenvalue weighted by Crippen LogP contribution is -2.35. The molecular weight excluding hydrogens is 360 g/mol. The quantitative estimate of drug-likeness (QED) is 0.680. The molecule has 5 rings (SSSR count). The minimum Gasteiger partial charge on any atom is -0.362 e. The second-order valence-corrected chi connectivity index (χ2v) is 8.24. The zero-order valence-electron chi connectivity index (χ0n) is 17.2. The Morgan fingerprint density at radius 1 is 1.00 bits per heavy atom. The average Bonchev–Trinajstić information content (AvgIpc) is 3.00. The molecule has 0 saturated carbocycles. The van der Waals surface area contributed by atoms with Crippen LogP contribution < -0.4 is 0 Å². The highest BCUT2D eigenvalue weighted by molar-refractivity contribution is 5.58. The second-order valence-electron chi connectivity index (χ2n) is 8.24. The summed E-state index contributed by atoms with van der Waals surface area (Å²) in [5.74, 6) is 1.02. The fourth-order valence-corrected chi connectivity index (χ4v) is 4.62. The van der Waals surface area contributed by atoms with Gasteiger partial charge in [0.05, 0.1) is 11.8 Å². The number of fused-ring (bicyclic) bond motifs is 2. The van der Waals surface area contributed by atoms with Crippen LogP contribution in [0.5, 0.6) is 0 Å². The van der Waals surface area contributed by atoms with Crippen LogP contribution >= 0.6 is 0 Å². The van der Waals surface area contributed by atoms with Crippen LogP contribution in [0.1, 0.15) is 41.6 Å². The molecule has 0 spiro atoms. The molecule has 2 aromatic heterocycles. The molecule has 3 aromatic rings. The molecule has 29 heavy (non-hydrogen) atoms. The Hall–Kier alpha value is -2.50. The summed E-state index contributed by atoms with van der Waals surface area (Å²) in [7, 11) is 2.19. The maximum atomic E-state index is 6.79. The van der Waals surface area contributed by atoms with E-state index in [0.717, 1.165) is 56.1 Å². The van der Waals surface area contributed by atoms with Gasteiger partial charge in [-0.1, -0.05) is 30.3 Å². The standard InChI is InChI=1S/C24H28N4O/c1-17-22(21-9-5-6-13-25-21)26-24-23(29-19-11-14-27(2)15-12-19)20-8-4-3-7-18(20)10-16-28(17)24/h3-9,13,19,23H,10-12,14-16H2,1-2H3. The summed E-state index contributed by atoms with van der Waals surface area (Å²) in [6.45, 7) is 5.26. The molecule has 2 aliphatic heterocycles. The van der Waals surface area contributed by atoms with E-state index in [4.69, 9.17) is 9.72 Å². The number of piperidine rings is 1. The summed E-state index contributed by atoms with van der Waals surface area (Å²) in [6, 6.07) is 14.7. The van der Waals surface area contributed by atoms with E-state index in [1.807, 2.05) is 24.4 Å². The van der Waals surface area contributed by atoms with E-state index in [1.54, 1.807) is 0 Å². The Morgan fingerprint density at radius 2 is 1.79 bits per heavy atom. The number of imidazole rings is 1. The van der Waals surface area contributed by atoms with Gasteiger partial charge in [-0.25, -0.2) is 4.98 Å². The number of nitrogens with zero attached hydrogens (tertiary/aromatic N) is 4. The number of pyridine rings is 1. The van der Waals surface area contributed by atoms with Crippen LogP contribution in [0, 0.1) is 6.92 Å². The second kappa shape index (κ2) is 7.73. The van der Waals surface area contributed by atoms with Crippen molar-refractivity contribution in [3.63, 3.8) is 0 Å². The van der Waals surface area contributed by atoms with Crippen molar-refractivity contribution in [3.05, 3.63) is 71.3 Å². The summed E-state index contributed by atoms with van der Waals surface area (Å²) in [6.07, 6.45) is 5.12. The van der Waals surface area contributed by atoms with E-state index in [9.17, 15) is 0 Å². The average molecular weight is 389 g/mol. The number of rotatable bonds is 3. The smallest absolute Gasteiger partial charge is 0.143 e. The van der Waals surface area contributed by atoms with Crippen molar-refractivity contribution in [2.45, 2.75) is 44.9 Å². The minimum atomic E-state index is -0.127. The largest absolute Gasteiger partial charge is 0.362 e. The van der Waals surface area contributed by atoms with E-state index in [1.165, 1.54) is 16.8 Å². The van der Waals surface area contributed by atoms with Gasteiger partial charge in [-0.05, 0) is 56.5 Å². The van der Waals surface area contributed by atoms with Gasteiger partial charge < -0.3 is 14.2 Å². The van der Waals surface area contributed by atoms with Crippen molar-refractivity contribution >= 4 is 0 Å². The monoisotopic (exact) mass is 388 g/mol. The fourth-order valence-electron chi connectivity index (χ4n) is 4.62. The first-order chi connectivity index (χ1) is 14.2. The third kappa shape index (κ3) is 3.49. The predicted molar refractivity (Wildman–Crippen MR) is 114 cm³/mol. The third-order valence-corrected chi connectivity index (χ3v) is 6.33. The minimum absolute atomic E-state index is 0.127. The molecule has 0 N–H and O–H groups in total. The van der Waals surface area contributed by atoms with E-state index in [-0.39, 0.29) is 12.2 Å². The Kier molecular flexibility index (Phi) is 4.94. The molecule has 5 heteroatoms. The molecule has 0 aliphatic carbocycles. The maximum absolute atomic E-state index is 6.79. The van der Waals surface area contributed by atoms with E-state index < -0.39 is 0 Å². The van der Waals surface area contributed by atoms with Gasteiger partial charge in [0.25, 0.3) is 0 Å². The van der Waals surface area contributed by atoms with Gasteiger partial charge >= 0.3 is 0 Å². The number of aromatic nitrogens is 3. The van der Waals surface area contributed by atoms with Crippen LogP contribution in [0.2, 0.25) is 0 Å².